The number of hydrogen-bond donors (Lipinski definition) is 2. The molecule has 0 aliphatic carbocycles. The second-order valence-electron chi connectivity index (χ2n) is 11.9. The van der Waals surface area contributed by atoms with Gasteiger partial charge in [-0.1, -0.05) is 77.7 Å². The maximum absolute atomic E-state index is 12.3. The first kappa shape index (κ1) is 45.7. The van der Waals surface area contributed by atoms with E-state index in [2.05, 4.69) is 26.3 Å². The van der Waals surface area contributed by atoms with E-state index < -0.39 is 59.9 Å². The molecule has 2 N–H and O–H groups in total. The Morgan fingerprint density at radius 3 is 0.840 bits per heavy atom. The summed E-state index contributed by atoms with van der Waals surface area (Å²) in [5, 5.41) is 19.8. The van der Waals surface area contributed by atoms with E-state index >= 15 is 0 Å². The number of unbranched alkanes of at least 4 members (excludes halogenated alkanes) is 9. The van der Waals surface area contributed by atoms with Gasteiger partial charge in [-0.2, -0.15) is 0 Å². The van der Waals surface area contributed by atoms with Crippen LogP contribution in [0.5, 0.6) is 0 Å². The number of carbonyl (C=O) groups is 6. The Hall–Kier alpha value is -4.30. The first-order valence-corrected chi connectivity index (χ1v) is 16.6. The number of carbonyl (C=O) groups excluding carboxylic acids is 6. The average Bonchev–Trinajstić information content (AvgIpc) is 3.14. The van der Waals surface area contributed by atoms with Crippen LogP contribution < -0.4 is 0 Å². The molecule has 0 atom stereocenters. The molecule has 0 aromatic heterocycles. The number of aliphatic hydroxyl groups excluding tert-OH is 2. The highest BCUT2D eigenvalue weighted by Gasteiger charge is 2.36. The summed E-state index contributed by atoms with van der Waals surface area (Å²) in [6.07, 6.45) is 13.1. The summed E-state index contributed by atoms with van der Waals surface area (Å²) in [6.45, 7) is 10.1. The molecule has 14 nitrogen and oxygen atoms in total. The maximum atomic E-state index is 12.3. The van der Waals surface area contributed by atoms with Crippen molar-refractivity contribution in [3.05, 3.63) is 50.6 Å². The van der Waals surface area contributed by atoms with Gasteiger partial charge < -0.3 is 38.6 Å². The molecule has 0 unspecified atom stereocenters. The number of aliphatic hydroxyl groups is 2. The highest BCUT2D eigenvalue weighted by Crippen LogP contribution is 2.22. The second-order valence-corrected chi connectivity index (χ2v) is 11.9. The molecule has 14 heteroatoms. The number of rotatable bonds is 31. The van der Waals surface area contributed by atoms with Crippen molar-refractivity contribution < 1.29 is 67.4 Å². The zero-order valence-corrected chi connectivity index (χ0v) is 29.1. The summed E-state index contributed by atoms with van der Waals surface area (Å²) in [5.41, 5.74) is -2.64. The fraction of sp³-hybridized carbons (Fsp3) is 0.611. The molecule has 0 amide bonds. The molecule has 0 spiro atoms. The van der Waals surface area contributed by atoms with Crippen LogP contribution in [0.1, 0.15) is 77.0 Å². The first-order chi connectivity index (χ1) is 23.9. The second kappa shape index (κ2) is 27.5. The van der Waals surface area contributed by atoms with Gasteiger partial charge in [-0.3, -0.25) is 9.59 Å². The Bertz CT molecular complexity index is 978. The zero-order chi connectivity index (χ0) is 37.7. The largest absolute Gasteiger partial charge is 0.465 e. The Labute approximate surface area is 294 Å². The molecule has 0 aliphatic rings. The Morgan fingerprint density at radius 1 is 0.400 bits per heavy atom. The van der Waals surface area contributed by atoms with Crippen molar-refractivity contribution >= 4 is 35.8 Å². The molecular weight excluding hydrogens is 656 g/mol. The van der Waals surface area contributed by atoms with E-state index in [-0.39, 0.29) is 52.5 Å². The van der Waals surface area contributed by atoms with Crippen LogP contribution in [0.4, 0.5) is 0 Å². The minimum atomic E-state index is -1.32. The van der Waals surface area contributed by atoms with Crippen molar-refractivity contribution in [3.8, 4) is 0 Å². The lowest BCUT2D eigenvalue weighted by atomic mass is 9.92. The highest BCUT2D eigenvalue weighted by atomic mass is 16.6. The summed E-state index contributed by atoms with van der Waals surface area (Å²) in [4.78, 5) is 70.5. The van der Waals surface area contributed by atoms with Gasteiger partial charge in [0.25, 0.3) is 0 Å². The van der Waals surface area contributed by atoms with Crippen LogP contribution in [0.3, 0.4) is 0 Å². The summed E-state index contributed by atoms with van der Waals surface area (Å²) < 4.78 is 30.6. The summed E-state index contributed by atoms with van der Waals surface area (Å²) in [6, 6.07) is 0. The summed E-state index contributed by atoms with van der Waals surface area (Å²) >= 11 is 0. The van der Waals surface area contributed by atoms with Gasteiger partial charge in [0.05, 0.1) is 24.0 Å². The summed E-state index contributed by atoms with van der Waals surface area (Å²) in [5.74, 6) is -3.90. The third-order valence-electron chi connectivity index (χ3n) is 7.51. The van der Waals surface area contributed by atoms with E-state index in [9.17, 15) is 39.0 Å². The lowest BCUT2D eigenvalue weighted by Crippen LogP contribution is -2.42. The molecule has 0 aromatic carbocycles. The van der Waals surface area contributed by atoms with Crippen LogP contribution in [-0.2, 0) is 57.2 Å². The van der Waals surface area contributed by atoms with Crippen LogP contribution in [0, 0.1) is 10.8 Å². The third-order valence-corrected chi connectivity index (χ3v) is 7.51. The predicted molar refractivity (Wildman–Crippen MR) is 181 cm³/mol. The smallest absolute Gasteiger partial charge is 0.330 e. The molecule has 50 heavy (non-hydrogen) atoms. The molecule has 0 rings (SSSR count). The van der Waals surface area contributed by atoms with Crippen molar-refractivity contribution in [2.24, 2.45) is 10.8 Å². The van der Waals surface area contributed by atoms with Crippen LogP contribution in [0.2, 0.25) is 0 Å². The van der Waals surface area contributed by atoms with Gasteiger partial charge in [-0.25, -0.2) is 19.2 Å². The Morgan fingerprint density at radius 2 is 0.620 bits per heavy atom. The van der Waals surface area contributed by atoms with Crippen molar-refractivity contribution in [2.75, 3.05) is 52.9 Å². The summed E-state index contributed by atoms with van der Waals surface area (Å²) in [7, 11) is 0. The Kier molecular flexibility index (Phi) is 25.1. The van der Waals surface area contributed by atoms with Crippen LogP contribution in [-0.4, -0.2) is 98.9 Å². The lowest BCUT2D eigenvalue weighted by Gasteiger charge is -2.29. The fourth-order valence-electron chi connectivity index (χ4n) is 4.22. The fourth-order valence-corrected chi connectivity index (χ4v) is 4.22. The van der Waals surface area contributed by atoms with Gasteiger partial charge in [0.1, 0.15) is 39.6 Å². The van der Waals surface area contributed by atoms with E-state index in [4.69, 9.17) is 28.4 Å². The molecule has 0 radical (unpaired) electrons. The predicted octanol–water partition coefficient (Wildman–Crippen LogP) is 3.63. The van der Waals surface area contributed by atoms with E-state index in [0.717, 1.165) is 75.7 Å². The molecule has 0 saturated carbocycles. The topological polar surface area (TPSA) is 198 Å². The molecular formula is C36H54O14. The van der Waals surface area contributed by atoms with Gasteiger partial charge >= 0.3 is 35.8 Å². The molecule has 282 valence electrons. The van der Waals surface area contributed by atoms with Crippen molar-refractivity contribution in [1.82, 2.24) is 0 Å². The molecule has 0 bridgehead atoms. The van der Waals surface area contributed by atoms with Gasteiger partial charge in [-0.15, -0.1) is 0 Å². The zero-order valence-electron chi connectivity index (χ0n) is 29.1. The van der Waals surface area contributed by atoms with Gasteiger partial charge in [0, 0.05) is 37.1 Å². The third kappa shape index (κ3) is 21.6. The van der Waals surface area contributed by atoms with Crippen LogP contribution in [0.25, 0.3) is 0 Å². The monoisotopic (exact) mass is 710 g/mol. The maximum Gasteiger partial charge on any atom is 0.330 e. The van der Waals surface area contributed by atoms with E-state index in [1.165, 1.54) is 0 Å². The van der Waals surface area contributed by atoms with Gasteiger partial charge in [-0.05, 0) is 12.8 Å². The molecule has 0 aromatic rings. The van der Waals surface area contributed by atoms with Crippen molar-refractivity contribution in [2.45, 2.75) is 77.0 Å². The van der Waals surface area contributed by atoms with Crippen molar-refractivity contribution in [3.63, 3.8) is 0 Å². The van der Waals surface area contributed by atoms with Crippen LogP contribution in [0.15, 0.2) is 50.6 Å². The molecule has 0 heterocycles. The van der Waals surface area contributed by atoms with Crippen molar-refractivity contribution in [1.29, 1.82) is 0 Å². The molecule has 0 fully saturated rings. The average molecular weight is 711 g/mol. The SMILES string of the molecule is C=CC(=O)OCC(CO)(COC(=O)C=C)COC(=O)CCCCCCCCCCCCC(=O)OCC(CO)(COC(=O)C=C)COC(=O)C=C. The quantitative estimate of drug-likeness (QED) is 0.0458. The minimum absolute atomic E-state index is 0.176. The Balaban J connectivity index is 4.23. The number of ether oxygens (including phenoxy) is 6. The highest BCUT2D eigenvalue weighted by molar-refractivity contribution is 5.82. The normalized spacial score (nSPS) is 11.0. The van der Waals surface area contributed by atoms with E-state index in [1.807, 2.05) is 0 Å². The van der Waals surface area contributed by atoms with Crippen LogP contribution >= 0.6 is 0 Å². The van der Waals surface area contributed by atoms with E-state index in [0.29, 0.717) is 12.8 Å². The minimum Gasteiger partial charge on any atom is -0.465 e. The molecule has 0 aliphatic heterocycles. The lowest BCUT2D eigenvalue weighted by molar-refractivity contribution is -0.164. The number of esters is 6. The number of hydrogen-bond acceptors (Lipinski definition) is 14. The first-order valence-electron chi connectivity index (χ1n) is 16.6. The standard InChI is InChI=1S/C36H54O14/c1-5-29(39)45-23-35(21-37,24-46-30(40)6-2)27-49-33(43)19-17-15-13-11-9-10-12-14-16-18-20-34(44)50-28-36(22-38,25-47-31(41)7-3)26-48-32(42)8-4/h5-8,37-38H,1-4,9-28H2. The van der Waals surface area contributed by atoms with E-state index in [1.54, 1.807) is 0 Å². The van der Waals surface area contributed by atoms with Gasteiger partial charge in [0.15, 0.2) is 0 Å². The van der Waals surface area contributed by atoms with Gasteiger partial charge in [0.2, 0.25) is 0 Å². The molecule has 0 saturated heterocycles.